The lowest BCUT2D eigenvalue weighted by Crippen LogP contribution is -2.39. The third-order valence-corrected chi connectivity index (χ3v) is 4.94. The van der Waals surface area contributed by atoms with Gasteiger partial charge in [-0.15, -0.1) is 0 Å². The van der Waals surface area contributed by atoms with E-state index in [9.17, 15) is 4.79 Å². The number of aromatic nitrogens is 4. The van der Waals surface area contributed by atoms with Crippen LogP contribution in [0.25, 0.3) is 10.9 Å². The minimum atomic E-state index is 0.140. The Labute approximate surface area is 151 Å². The van der Waals surface area contributed by atoms with Crippen molar-refractivity contribution in [2.45, 2.75) is 44.9 Å². The van der Waals surface area contributed by atoms with Crippen LogP contribution in [-0.4, -0.2) is 44.2 Å². The van der Waals surface area contributed by atoms with E-state index >= 15 is 0 Å². The van der Waals surface area contributed by atoms with Gasteiger partial charge in [-0.3, -0.25) is 9.89 Å². The summed E-state index contributed by atoms with van der Waals surface area (Å²) in [5.74, 6) is 1.69. The van der Waals surface area contributed by atoms with E-state index in [0.29, 0.717) is 31.1 Å². The molecule has 1 saturated heterocycles. The smallest absolute Gasteiger partial charge is 0.231 e. The van der Waals surface area contributed by atoms with Crippen LogP contribution >= 0.6 is 0 Å². The number of aromatic amines is 1. The van der Waals surface area contributed by atoms with Gasteiger partial charge < -0.3 is 9.42 Å². The summed E-state index contributed by atoms with van der Waals surface area (Å²) in [6, 6.07) is 6.15. The average Bonchev–Trinajstić information content (AvgIpc) is 3.31. The van der Waals surface area contributed by atoms with E-state index in [1.807, 2.05) is 17.9 Å². The van der Waals surface area contributed by atoms with E-state index in [-0.39, 0.29) is 11.8 Å². The topological polar surface area (TPSA) is 87.9 Å². The molecule has 2 aromatic heterocycles. The van der Waals surface area contributed by atoms with E-state index < -0.39 is 0 Å². The third kappa shape index (κ3) is 3.47. The van der Waals surface area contributed by atoms with Crippen molar-refractivity contribution in [2.75, 3.05) is 13.1 Å². The molecule has 7 heteroatoms. The first-order chi connectivity index (χ1) is 12.7. The Balaban J connectivity index is 1.44. The molecular formula is C19H23N5O2. The number of carbonyl (C=O) groups excluding carboxylic acids is 1. The molecule has 1 aliphatic rings. The monoisotopic (exact) mass is 353 g/mol. The molecule has 1 aliphatic heterocycles. The molecule has 1 N–H and O–H groups in total. The Morgan fingerprint density at radius 2 is 2.35 bits per heavy atom. The van der Waals surface area contributed by atoms with Gasteiger partial charge in [0.2, 0.25) is 11.8 Å². The molecular weight excluding hydrogens is 330 g/mol. The van der Waals surface area contributed by atoms with Crippen molar-refractivity contribution < 1.29 is 9.32 Å². The Morgan fingerprint density at radius 1 is 1.42 bits per heavy atom. The highest BCUT2D eigenvalue weighted by atomic mass is 16.5. The normalized spacial score (nSPS) is 17.7. The molecule has 4 rings (SSSR count). The van der Waals surface area contributed by atoms with Gasteiger partial charge in [-0.2, -0.15) is 10.1 Å². The minimum absolute atomic E-state index is 0.140. The number of likely N-dealkylation sites (tertiary alicyclic amines) is 1. The van der Waals surface area contributed by atoms with Gasteiger partial charge in [-0.05, 0) is 30.9 Å². The zero-order valence-corrected chi connectivity index (χ0v) is 14.9. The maximum absolute atomic E-state index is 12.2. The quantitative estimate of drug-likeness (QED) is 0.762. The first-order valence-electron chi connectivity index (χ1n) is 9.25. The number of hydrogen-bond donors (Lipinski definition) is 1. The van der Waals surface area contributed by atoms with Gasteiger partial charge in [-0.1, -0.05) is 24.2 Å². The molecule has 0 bridgehead atoms. The summed E-state index contributed by atoms with van der Waals surface area (Å²) in [5.41, 5.74) is 2.11. The van der Waals surface area contributed by atoms with E-state index in [4.69, 9.17) is 4.52 Å². The molecule has 7 nitrogen and oxygen atoms in total. The number of nitrogens with one attached hydrogen (secondary N) is 1. The van der Waals surface area contributed by atoms with Crippen LogP contribution in [-0.2, 0) is 11.2 Å². The zero-order valence-electron chi connectivity index (χ0n) is 14.9. The number of benzene rings is 1. The fourth-order valence-electron chi connectivity index (χ4n) is 3.56. The van der Waals surface area contributed by atoms with Crippen molar-refractivity contribution in [1.29, 1.82) is 0 Å². The number of hydrogen-bond acceptors (Lipinski definition) is 5. The molecule has 3 aromatic rings. The molecule has 0 saturated carbocycles. The summed E-state index contributed by atoms with van der Waals surface area (Å²) in [4.78, 5) is 18.7. The van der Waals surface area contributed by atoms with Crippen LogP contribution in [0.3, 0.4) is 0 Å². The molecule has 1 atom stereocenters. The maximum Gasteiger partial charge on any atom is 0.231 e. The van der Waals surface area contributed by atoms with Gasteiger partial charge in [-0.25, -0.2) is 0 Å². The molecule has 0 radical (unpaired) electrons. The highest BCUT2D eigenvalue weighted by Gasteiger charge is 2.28. The number of H-pyrrole nitrogens is 1. The van der Waals surface area contributed by atoms with Crippen molar-refractivity contribution in [2.24, 2.45) is 0 Å². The number of rotatable bonds is 5. The van der Waals surface area contributed by atoms with E-state index in [1.165, 1.54) is 0 Å². The van der Waals surface area contributed by atoms with Gasteiger partial charge in [0.25, 0.3) is 0 Å². The molecule has 26 heavy (non-hydrogen) atoms. The zero-order chi connectivity index (χ0) is 17.9. The first kappa shape index (κ1) is 16.8. The molecule has 0 spiro atoms. The second kappa shape index (κ2) is 7.27. The molecule has 1 amide bonds. The number of fused-ring (bicyclic) bond motifs is 1. The highest BCUT2D eigenvalue weighted by Crippen LogP contribution is 2.26. The van der Waals surface area contributed by atoms with Gasteiger partial charge in [0, 0.05) is 31.3 Å². The third-order valence-electron chi connectivity index (χ3n) is 4.94. The SMILES string of the molecule is CCCC(=O)N1CCCC(c2nc(Cc3ccc4cn[nH]c4c3)no2)C1. The van der Waals surface area contributed by atoms with Crippen molar-refractivity contribution in [3.63, 3.8) is 0 Å². The molecule has 136 valence electrons. The summed E-state index contributed by atoms with van der Waals surface area (Å²) in [7, 11) is 0. The molecule has 1 unspecified atom stereocenters. The van der Waals surface area contributed by atoms with Crippen LogP contribution in [0.4, 0.5) is 0 Å². The fraction of sp³-hybridized carbons (Fsp3) is 0.474. The Morgan fingerprint density at radius 3 is 3.23 bits per heavy atom. The van der Waals surface area contributed by atoms with E-state index in [2.05, 4.69) is 32.5 Å². The van der Waals surface area contributed by atoms with Crippen molar-refractivity contribution in [3.8, 4) is 0 Å². The van der Waals surface area contributed by atoms with Crippen molar-refractivity contribution in [1.82, 2.24) is 25.2 Å². The maximum atomic E-state index is 12.2. The Hall–Kier alpha value is -2.70. The predicted octanol–water partition coefficient (Wildman–Crippen LogP) is 3.04. The van der Waals surface area contributed by atoms with Gasteiger partial charge in [0.1, 0.15) is 0 Å². The van der Waals surface area contributed by atoms with Crippen molar-refractivity contribution in [3.05, 3.63) is 41.7 Å². The lowest BCUT2D eigenvalue weighted by molar-refractivity contribution is -0.132. The summed E-state index contributed by atoms with van der Waals surface area (Å²) in [6.07, 6.45) is 5.87. The van der Waals surface area contributed by atoms with Crippen LogP contribution in [0.1, 0.15) is 55.8 Å². The standard InChI is InChI=1S/C19H23N5O2/c1-2-4-18(25)24-8-3-5-15(12-24)19-21-17(23-26-19)10-13-6-7-14-11-20-22-16(14)9-13/h6-7,9,11,15H,2-5,8,10,12H2,1H3,(H,20,22). The molecule has 3 heterocycles. The molecule has 0 aliphatic carbocycles. The lowest BCUT2D eigenvalue weighted by atomic mass is 9.97. The lowest BCUT2D eigenvalue weighted by Gasteiger charge is -2.31. The fourth-order valence-corrected chi connectivity index (χ4v) is 3.56. The summed E-state index contributed by atoms with van der Waals surface area (Å²) < 4.78 is 5.52. The van der Waals surface area contributed by atoms with Gasteiger partial charge >= 0.3 is 0 Å². The van der Waals surface area contributed by atoms with Gasteiger partial charge in [0.15, 0.2) is 5.82 Å². The van der Waals surface area contributed by atoms with E-state index in [1.54, 1.807) is 6.20 Å². The second-order valence-electron chi connectivity index (χ2n) is 6.95. The molecule has 1 fully saturated rings. The Kier molecular flexibility index (Phi) is 4.69. The summed E-state index contributed by atoms with van der Waals surface area (Å²) >= 11 is 0. The van der Waals surface area contributed by atoms with Crippen LogP contribution in [0.5, 0.6) is 0 Å². The second-order valence-corrected chi connectivity index (χ2v) is 6.95. The number of nitrogens with zero attached hydrogens (tertiary/aromatic N) is 4. The molecule has 1 aromatic carbocycles. The largest absolute Gasteiger partial charge is 0.342 e. The summed E-state index contributed by atoms with van der Waals surface area (Å²) in [5, 5.41) is 12.2. The minimum Gasteiger partial charge on any atom is -0.342 e. The number of piperidine rings is 1. The number of amides is 1. The number of carbonyl (C=O) groups is 1. The Bertz CT molecular complexity index is 900. The predicted molar refractivity (Wildman–Crippen MR) is 96.7 cm³/mol. The van der Waals surface area contributed by atoms with Crippen LogP contribution < -0.4 is 0 Å². The van der Waals surface area contributed by atoms with Crippen LogP contribution in [0, 0.1) is 0 Å². The summed E-state index contributed by atoms with van der Waals surface area (Å²) in [6.45, 7) is 3.55. The first-order valence-corrected chi connectivity index (χ1v) is 9.25. The van der Waals surface area contributed by atoms with Gasteiger partial charge in [0.05, 0.1) is 17.6 Å². The van der Waals surface area contributed by atoms with E-state index in [0.717, 1.165) is 42.3 Å². The highest BCUT2D eigenvalue weighted by molar-refractivity contribution is 5.78. The van der Waals surface area contributed by atoms with Crippen LogP contribution in [0.15, 0.2) is 28.9 Å². The average molecular weight is 353 g/mol. The van der Waals surface area contributed by atoms with Crippen molar-refractivity contribution >= 4 is 16.8 Å². The van der Waals surface area contributed by atoms with Crippen LogP contribution in [0.2, 0.25) is 0 Å².